The Hall–Kier alpha value is -2.78. The van der Waals surface area contributed by atoms with Crippen molar-refractivity contribution in [3.8, 4) is 22.0 Å². The standard InChI is InChI=1S/C18H17N5O2S2/c1-2-12-27(24,25)22-14-7-5-13(6-8-14)15-9-10-17-19-20-18(23(17)21-15)16-4-3-11-26-16/h3-11,22H,2,12H2,1H3. The van der Waals surface area contributed by atoms with Crippen molar-refractivity contribution in [1.82, 2.24) is 19.8 Å². The fourth-order valence-corrected chi connectivity index (χ4v) is 4.54. The van der Waals surface area contributed by atoms with E-state index in [9.17, 15) is 8.42 Å². The summed E-state index contributed by atoms with van der Waals surface area (Å²) in [6.45, 7) is 1.83. The summed E-state index contributed by atoms with van der Waals surface area (Å²) in [7, 11) is -3.30. The SMILES string of the molecule is CCCS(=O)(=O)Nc1ccc(-c2ccc3nnc(-c4cccs4)n3n2)cc1. The average molecular weight is 400 g/mol. The molecule has 0 spiro atoms. The van der Waals surface area contributed by atoms with E-state index in [0.29, 0.717) is 23.6 Å². The van der Waals surface area contributed by atoms with Crippen LogP contribution in [-0.2, 0) is 10.0 Å². The number of aromatic nitrogens is 4. The molecule has 0 aliphatic heterocycles. The van der Waals surface area contributed by atoms with Crippen molar-refractivity contribution in [2.24, 2.45) is 0 Å². The summed E-state index contributed by atoms with van der Waals surface area (Å²) in [5.41, 5.74) is 2.84. The Morgan fingerprint density at radius 3 is 2.59 bits per heavy atom. The molecule has 0 fully saturated rings. The highest BCUT2D eigenvalue weighted by atomic mass is 32.2. The Kier molecular flexibility index (Phi) is 4.63. The van der Waals surface area contributed by atoms with Gasteiger partial charge in [0.25, 0.3) is 0 Å². The zero-order chi connectivity index (χ0) is 18.9. The third-order valence-corrected chi connectivity index (χ3v) is 6.29. The predicted octanol–water partition coefficient (Wildman–Crippen LogP) is 3.67. The molecule has 0 bridgehead atoms. The van der Waals surface area contributed by atoms with Crippen molar-refractivity contribution in [3.05, 3.63) is 53.9 Å². The van der Waals surface area contributed by atoms with Gasteiger partial charge in [0.2, 0.25) is 10.0 Å². The summed E-state index contributed by atoms with van der Waals surface area (Å²) >= 11 is 1.58. The van der Waals surface area contributed by atoms with Crippen LogP contribution >= 0.6 is 11.3 Å². The molecule has 0 saturated carbocycles. The van der Waals surface area contributed by atoms with E-state index >= 15 is 0 Å². The number of benzene rings is 1. The third kappa shape index (κ3) is 3.69. The van der Waals surface area contributed by atoms with Gasteiger partial charge in [0.15, 0.2) is 11.5 Å². The van der Waals surface area contributed by atoms with Gasteiger partial charge in [-0.3, -0.25) is 4.72 Å². The van der Waals surface area contributed by atoms with Gasteiger partial charge in [0, 0.05) is 11.3 Å². The second kappa shape index (κ2) is 7.09. The van der Waals surface area contributed by atoms with E-state index in [2.05, 4.69) is 20.0 Å². The van der Waals surface area contributed by atoms with Crippen molar-refractivity contribution in [1.29, 1.82) is 0 Å². The Morgan fingerprint density at radius 2 is 1.89 bits per heavy atom. The fourth-order valence-electron chi connectivity index (χ4n) is 2.71. The molecule has 4 rings (SSSR count). The van der Waals surface area contributed by atoms with Crippen LogP contribution in [0, 0.1) is 0 Å². The first kappa shape index (κ1) is 17.6. The van der Waals surface area contributed by atoms with Gasteiger partial charge < -0.3 is 0 Å². The molecule has 0 aliphatic carbocycles. The van der Waals surface area contributed by atoms with Crippen LogP contribution in [0.4, 0.5) is 5.69 Å². The first-order chi connectivity index (χ1) is 13.1. The van der Waals surface area contributed by atoms with Crippen LogP contribution in [0.3, 0.4) is 0 Å². The number of fused-ring (bicyclic) bond motifs is 1. The molecule has 4 aromatic rings. The highest BCUT2D eigenvalue weighted by Crippen LogP contribution is 2.25. The molecule has 0 radical (unpaired) electrons. The zero-order valence-electron chi connectivity index (χ0n) is 14.5. The number of nitrogens with zero attached hydrogens (tertiary/aromatic N) is 4. The molecule has 0 atom stereocenters. The van der Waals surface area contributed by atoms with Crippen LogP contribution in [0.25, 0.3) is 27.6 Å². The average Bonchev–Trinajstić information content (AvgIpc) is 3.30. The first-order valence-corrected chi connectivity index (χ1v) is 11.0. The number of rotatable bonds is 6. The quantitative estimate of drug-likeness (QED) is 0.534. The molecule has 0 saturated heterocycles. The Bertz CT molecular complexity index is 1170. The molecule has 1 N–H and O–H groups in total. The van der Waals surface area contributed by atoms with Crippen LogP contribution in [0.5, 0.6) is 0 Å². The molecule has 0 amide bonds. The molecule has 138 valence electrons. The molecule has 1 aromatic carbocycles. The highest BCUT2D eigenvalue weighted by molar-refractivity contribution is 7.92. The monoisotopic (exact) mass is 399 g/mol. The van der Waals surface area contributed by atoms with E-state index in [1.807, 2.05) is 48.7 Å². The Balaban J connectivity index is 1.65. The molecule has 7 nitrogen and oxygen atoms in total. The number of anilines is 1. The van der Waals surface area contributed by atoms with Crippen molar-refractivity contribution >= 4 is 32.7 Å². The van der Waals surface area contributed by atoms with Crippen LogP contribution in [0.15, 0.2) is 53.9 Å². The molecule has 27 heavy (non-hydrogen) atoms. The van der Waals surface area contributed by atoms with E-state index in [0.717, 1.165) is 16.1 Å². The summed E-state index contributed by atoms with van der Waals surface area (Å²) in [5.74, 6) is 0.803. The van der Waals surface area contributed by atoms with E-state index in [1.54, 1.807) is 28.0 Å². The van der Waals surface area contributed by atoms with Gasteiger partial charge in [-0.25, -0.2) is 8.42 Å². The zero-order valence-corrected chi connectivity index (χ0v) is 16.2. The summed E-state index contributed by atoms with van der Waals surface area (Å²) in [6.07, 6.45) is 0.572. The maximum Gasteiger partial charge on any atom is 0.232 e. The van der Waals surface area contributed by atoms with Gasteiger partial charge in [0.05, 0.1) is 16.3 Å². The van der Waals surface area contributed by atoms with Crippen molar-refractivity contribution < 1.29 is 8.42 Å². The van der Waals surface area contributed by atoms with Crippen LogP contribution in [0.1, 0.15) is 13.3 Å². The van der Waals surface area contributed by atoms with Crippen LogP contribution < -0.4 is 4.72 Å². The maximum absolute atomic E-state index is 11.9. The van der Waals surface area contributed by atoms with Gasteiger partial charge in [0.1, 0.15) is 0 Å². The number of hydrogen-bond donors (Lipinski definition) is 1. The lowest BCUT2D eigenvalue weighted by Crippen LogP contribution is -2.15. The molecule has 3 aromatic heterocycles. The second-order valence-corrected chi connectivity index (χ2v) is 8.78. The molecular formula is C18H17N5O2S2. The lowest BCUT2D eigenvalue weighted by molar-refractivity contribution is 0.600. The Labute approximate surface area is 160 Å². The largest absolute Gasteiger partial charge is 0.284 e. The van der Waals surface area contributed by atoms with Gasteiger partial charge in [-0.05, 0) is 42.1 Å². The van der Waals surface area contributed by atoms with E-state index in [1.165, 1.54) is 0 Å². The minimum atomic E-state index is -3.30. The molecule has 9 heteroatoms. The van der Waals surface area contributed by atoms with E-state index in [-0.39, 0.29) is 5.75 Å². The number of hydrogen-bond acceptors (Lipinski definition) is 6. The summed E-state index contributed by atoms with van der Waals surface area (Å²) in [6, 6.07) is 14.8. The lowest BCUT2D eigenvalue weighted by Gasteiger charge is -2.08. The summed E-state index contributed by atoms with van der Waals surface area (Å²) in [4.78, 5) is 0.993. The maximum atomic E-state index is 11.9. The first-order valence-electron chi connectivity index (χ1n) is 8.43. The summed E-state index contributed by atoms with van der Waals surface area (Å²) in [5, 5.41) is 15.0. The van der Waals surface area contributed by atoms with Crippen LogP contribution in [0.2, 0.25) is 0 Å². The number of sulfonamides is 1. The predicted molar refractivity (Wildman–Crippen MR) is 107 cm³/mol. The highest BCUT2D eigenvalue weighted by Gasteiger charge is 2.12. The molecule has 3 heterocycles. The van der Waals surface area contributed by atoms with Crippen molar-refractivity contribution in [2.75, 3.05) is 10.5 Å². The fraction of sp³-hybridized carbons (Fsp3) is 0.167. The van der Waals surface area contributed by atoms with E-state index in [4.69, 9.17) is 0 Å². The Morgan fingerprint density at radius 1 is 1.07 bits per heavy atom. The van der Waals surface area contributed by atoms with Gasteiger partial charge in [-0.15, -0.1) is 21.5 Å². The minimum Gasteiger partial charge on any atom is -0.284 e. The third-order valence-electron chi connectivity index (χ3n) is 3.93. The number of thiophene rings is 1. The number of nitrogens with one attached hydrogen (secondary N) is 1. The molecule has 0 aliphatic rings. The smallest absolute Gasteiger partial charge is 0.232 e. The van der Waals surface area contributed by atoms with Crippen LogP contribution in [-0.4, -0.2) is 34.0 Å². The molecular weight excluding hydrogens is 382 g/mol. The van der Waals surface area contributed by atoms with Crippen molar-refractivity contribution in [3.63, 3.8) is 0 Å². The topological polar surface area (TPSA) is 89.2 Å². The minimum absolute atomic E-state index is 0.103. The van der Waals surface area contributed by atoms with Gasteiger partial charge in [-0.1, -0.05) is 25.1 Å². The van der Waals surface area contributed by atoms with Crippen molar-refractivity contribution in [2.45, 2.75) is 13.3 Å². The van der Waals surface area contributed by atoms with E-state index < -0.39 is 10.0 Å². The second-order valence-electron chi connectivity index (χ2n) is 5.99. The normalized spacial score (nSPS) is 11.7. The summed E-state index contributed by atoms with van der Waals surface area (Å²) < 4.78 is 28.1. The lowest BCUT2D eigenvalue weighted by atomic mass is 10.1. The molecule has 0 unspecified atom stereocenters. The van der Waals surface area contributed by atoms with Gasteiger partial charge in [-0.2, -0.15) is 9.61 Å². The van der Waals surface area contributed by atoms with Gasteiger partial charge >= 0.3 is 0 Å².